The maximum atomic E-state index is 11.8. The van der Waals surface area contributed by atoms with Crippen molar-refractivity contribution in [3.8, 4) is 0 Å². The number of likely N-dealkylation sites (N-methyl/N-ethyl adjacent to an activating group) is 1. The summed E-state index contributed by atoms with van der Waals surface area (Å²) in [6.45, 7) is 3.74. The van der Waals surface area contributed by atoms with Gasteiger partial charge in [0.2, 0.25) is 0 Å². The second-order valence-electron chi connectivity index (χ2n) is 4.36. The highest BCUT2D eigenvalue weighted by Crippen LogP contribution is 2.31. The Morgan fingerprint density at radius 3 is 2.53 bits per heavy atom. The van der Waals surface area contributed by atoms with E-state index < -0.39 is 17.8 Å². The summed E-state index contributed by atoms with van der Waals surface area (Å²) in [5.41, 5.74) is 0. The van der Waals surface area contributed by atoms with Gasteiger partial charge in [0.1, 0.15) is 6.61 Å². The third-order valence-electron chi connectivity index (χ3n) is 3.16. The quantitative estimate of drug-likeness (QED) is 0.538. The topological polar surface area (TPSA) is 75.6 Å². The highest BCUT2D eigenvalue weighted by atomic mass is 16.5. The van der Waals surface area contributed by atoms with Gasteiger partial charge in [-0.1, -0.05) is 19.8 Å². The molecule has 0 aliphatic heterocycles. The Labute approximate surface area is 102 Å². The lowest BCUT2D eigenvalue weighted by Crippen LogP contribution is -2.34. The van der Waals surface area contributed by atoms with E-state index in [1.54, 1.807) is 0 Å². The van der Waals surface area contributed by atoms with Crippen molar-refractivity contribution in [3.05, 3.63) is 0 Å². The average molecular weight is 243 g/mol. The minimum Gasteiger partial charge on any atom is -0.481 e. The van der Waals surface area contributed by atoms with Gasteiger partial charge in [0.05, 0.1) is 11.8 Å². The zero-order valence-electron chi connectivity index (χ0n) is 10.3. The van der Waals surface area contributed by atoms with E-state index in [1.165, 1.54) is 0 Å². The molecule has 0 aromatic carbocycles. The molecule has 1 aliphatic carbocycles. The van der Waals surface area contributed by atoms with Crippen LogP contribution in [0.3, 0.4) is 0 Å². The van der Waals surface area contributed by atoms with Crippen molar-refractivity contribution in [1.29, 1.82) is 0 Å². The summed E-state index contributed by atoms with van der Waals surface area (Å²) in [5.74, 6) is -2.24. The average Bonchev–Trinajstić information content (AvgIpc) is 2.34. The van der Waals surface area contributed by atoms with Crippen molar-refractivity contribution < 1.29 is 19.4 Å². The first-order chi connectivity index (χ1) is 8.16. The molecule has 0 unspecified atom stereocenters. The fourth-order valence-corrected chi connectivity index (χ4v) is 2.22. The summed E-state index contributed by atoms with van der Waals surface area (Å²) in [4.78, 5) is 22.8. The van der Waals surface area contributed by atoms with Crippen molar-refractivity contribution in [3.63, 3.8) is 0 Å². The number of esters is 1. The second-order valence-corrected chi connectivity index (χ2v) is 4.36. The van der Waals surface area contributed by atoms with Crippen LogP contribution in [0, 0.1) is 11.8 Å². The maximum Gasteiger partial charge on any atom is 0.309 e. The molecular weight excluding hydrogens is 222 g/mol. The molecular formula is C12H21NO4. The van der Waals surface area contributed by atoms with Crippen LogP contribution < -0.4 is 5.32 Å². The van der Waals surface area contributed by atoms with E-state index in [9.17, 15) is 9.59 Å². The normalized spacial score (nSPS) is 24.3. The molecule has 2 atom stereocenters. The molecule has 0 heterocycles. The summed E-state index contributed by atoms with van der Waals surface area (Å²) >= 11 is 0. The van der Waals surface area contributed by atoms with Crippen molar-refractivity contribution in [2.24, 2.45) is 11.8 Å². The SMILES string of the molecule is CCNCCOC(=O)[C@H]1CCCC[C@@H]1C(=O)O. The van der Waals surface area contributed by atoms with Crippen LogP contribution in [0.1, 0.15) is 32.6 Å². The number of carboxylic acids is 1. The molecule has 0 bridgehead atoms. The maximum absolute atomic E-state index is 11.8. The van der Waals surface area contributed by atoms with Crippen LogP contribution in [0.5, 0.6) is 0 Å². The highest BCUT2D eigenvalue weighted by molar-refractivity contribution is 5.81. The van der Waals surface area contributed by atoms with Crippen LogP contribution in [-0.4, -0.2) is 36.7 Å². The minimum atomic E-state index is -0.877. The molecule has 1 rings (SSSR count). The predicted octanol–water partition coefficient (Wildman–Crippen LogP) is 1.03. The molecule has 0 radical (unpaired) electrons. The molecule has 17 heavy (non-hydrogen) atoms. The molecule has 2 N–H and O–H groups in total. The van der Waals surface area contributed by atoms with Crippen molar-refractivity contribution >= 4 is 11.9 Å². The number of nitrogens with one attached hydrogen (secondary N) is 1. The molecule has 5 heteroatoms. The van der Waals surface area contributed by atoms with E-state index >= 15 is 0 Å². The summed E-state index contributed by atoms with van der Waals surface area (Å²) in [5, 5.41) is 12.1. The van der Waals surface area contributed by atoms with E-state index in [0.29, 0.717) is 26.0 Å². The number of hydrogen-bond donors (Lipinski definition) is 2. The molecule has 0 spiro atoms. The number of ether oxygens (including phenoxy) is 1. The molecule has 1 saturated carbocycles. The molecule has 0 aromatic heterocycles. The van der Waals surface area contributed by atoms with E-state index in [2.05, 4.69) is 5.32 Å². The highest BCUT2D eigenvalue weighted by Gasteiger charge is 2.36. The molecule has 0 saturated heterocycles. The summed E-state index contributed by atoms with van der Waals surface area (Å²) in [6.07, 6.45) is 3.02. The first-order valence-electron chi connectivity index (χ1n) is 6.27. The zero-order chi connectivity index (χ0) is 12.7. The van der Waals surface area contributed by atoms with Gasteiger partial charge < -0.3 is 15.2 Å². The number of carbonyl (C=O) groups excluding carboxylic acids is 1. The Hall–Kier alpha value is -1.10. The van der Waals surface area contributed by atoms with E-state index in [0.717, 1.165) is 19.4 Å². The molecule has 0 aromatic rings. The van der Waals surface area contributed by atoms with Crippen molar-refractivity contribution in [2.45, 2.75) is 32.6 Å². The Kier molecular flexibility index (Phi) is 5.97. The zero-order valence-corrected chi connectivity index (χ0v) is 10.3. The van der Waals surface area contributed by atoms with Gasteiger partial charge in [-0.05, 0) is 19.4 Å². The van der Waals surface area contributed by atoms with Gasteiger partial charge in [-0.15, -0.1) is 0 Å². The fraction of sp³-hybridized carbons (Fsp3) is 0.833. The lowest BCUT2D eigenvalue weighted by Gasteiger charge is -2.26. The Bertz CT molecular complexity index is 267. The van der Waals surface area contributed by atoms with Crippen LogP contribution in [0.15, 0.2) is 0 Å². The number of aliphatic carboxylic acids is 1. The Balaban J connectivity index is 2.39. The fourth-order valence-electron chi connectivity index (χ4n) is 2.22. The van der Waals surface area contributed by atoms with E-state index in [-0.39, 0.29) is 5.97 Å². The first kappa shape index (κ1) is 14.0. The lowest BCUT2D eigenvalue weighted by molar-refractivity contribution is -0.159. The number of rotatable bonds is 6. The molecule has 1 fully saturated rings. The Morgan fingerprint density at radius 1 is 1.29 bits per heavy atom. The van der Waals surface area contributed by atoms with Crippen LogP contribution in [0.25, 0.3) is 0 Å². The number of carboxylic acid groups (broad SMARTS) is 1. The Morgan fingerprint density at radius 2 is 1.94 bits per heavy atom. The van der Waals surface area contributed by atoms with Gasteiger partial charge in [-0.2, -0.15) is 0 Å². The first-order valence-corrected chi connectivity index (χ1v) is 6.27. The summed E-state index contributed by atoms with van der Waals surface area (Å²) < 4.78 is 5.10. The van der Waals surface area contributed by atoms with E-state index in [1.807, 2.05) is 6.92 Å². The van der Waals surface area contributed by atoms with Crippen molar-refractivity contribution in [2.75, 3.05) is 19.7 Å². The van der Waals surface area contributed by atoms with Gasteiger partial charge >= 0.3 is 11.9 Å². The monoisotopic (exact) mass is 243 g/mol. The minimum absolute atomic E-state index is 0.315. The predicted molar refractivity (Wildman–Crippen MR) is 62.6 cm³/mol. The third kappa shape index (κ3) is 4.34. The van der Waals surface area contributed by atoms with Gasteiger partial charge in [0, 0.05) is 6.54 Å². The van der Waals surface area contributed by atoms with Crippen LogP contribution in [-0.2, 0) is 14.3 Å². The molecule has 1 aliphatic rings. The van der Waals surface area contributed by atoms with Crippen LogP contribution in [0.2, 0.25) is 0 Å². The number of carbonyl (C=O) groups is 2. The molecule has 98 valence electrons. The van der Waals surface area contributed by atoms with Gasteiger partial charge in [0.25, 0.3) is 0 Å². The lowest BCUT2D eigenvalue weighted by atomic mass is 9.79. The summed E-state index contributed by atoms with van der Waals surface area (Å²) in [7, 11) is 0. The molecule has 5 nitrogen and oxygen atoms in total. The smallest absolute Gasteiger partial charge is 0.309 e. The van der Waals surface area contributed by atoms with Gasteiger partial charge in [0.15, 0.2) is 0 Å². The largest absolute Gasteiger partial charge is 0.481 e. The van der Waals surface area contributed by atoms with E-state index in [4.69, 9.17) is 9.84 Å². The molecule has 0 amide bonds. The van der Waals surface area contributed by atoms with Gasteiger partial charge in [-0.3, -0.25) is 9.59 Å². The standard InChI is InChI=1S/C12H21NO4/c1-2-13-7-8-17-12(16)10-6-4-3-5-9(10)11(14)15/h9-10,13H,2-8H2,1H3,(H,14,15)/t9-,10-/m0/s1. The number of hydrogen-bond acceptors (Lipinski definition) is 4. The van der Waals surface area contributed by atoms with Crippen LogP contribution in [0.4, 0.5) is 0 Å². The van der Waals surface area contributed by atoms with Crippen molar-refractivity contribution in [1.82, 2.24) is 5.32 Å². The second kappa shape index (κ2) is 7.27. The summed E-state index contributed by atoms with van der Waals surface area (Å²) in [6, 6.07) is 0. The third-order valence-corrected chi connectivity index (χ3v) is 3.16. The van der Waals surface area contributed by atoms with Gasteiger partial charge in [-0.25, -0.2) is 0 Å². The van der Waals surface area contributed by atoms with Crippen LogP contribution >= 0.6 is 0 Å².